The van der Waals surface area contributed by atoms with Crippen LogP contribution in [-0.2, 0) is 0 Å². The maximum absolute atomic E-state index is 11.0. The van der Waals surface area contributed by atoms with E-state index in [4.69, 9.17) is 10.5 Å². The molecule has 1 saturated heterocycles. The van der Waals surface area contributed by atoms with Gasteiger partial charge in [-0.1, -0.05) is 36.1 Å². The second-order valence-corrected chi connectivity index (χ2v) is 7.92. The van der Waals surface area contributed by atoms with E-state index >= 15 is 0 Å². The molecule has 33 heavy (non-hydrogen) atoms. The van der Waals surface area contributed by atoms with Crippen LogP contribution in [0.25, 0.3) is 11.1 Å². The van der Waals surface area contributed by atoms with Gasteiger partial charge in [0.15, 0.2) is 0 Å². The van der Waals surface area contributed by atoms with Crippen molar-refractivity contribution in [3.63, 3.8) is 0 Å². The Morgan fingerprint density at radius 3 is 2.39 bits per heavy atom. The van der Waals surface area contributed by atoms with E-state index in [1.54, 1.807) is 23.9 Å². The van der Waals surface area contributed by atoms with Gasteiger partial charge in [-0.15, -0.1) is 0 Å². The molecule has 0 bridgehead atoms. The number of hydrogen-bond acceptors (Lipinski definition) is 5. The summed E-state index contributed by atoms with van der Waals surface area (Å²) in [5.74, 6) is 7.36. The third-order valence-electron chi connectivity index (χ3n) is 5.50. The first-order valence-corrected chi connectivity index (χ1v) is 10.7. The minimum atomic E-state index is -0.745. The molecule has 8 heteroatoms. The average Bonchev–Trinajstić information content (AvgIpc) is 3.27. The molecular weight excluding hydrogens is 420 g/mol. The van der Waals surface area contributed by atoms with Crippen LogP contribution < -0.4 is 10.5 Å². The number of ether oxygens (including phenoxy) is 1. The summed E-state index contributed by atoms with van der Waals surface area (Å²) in [5.41, 5.74) is 8.13. The first-order chi connectivity index (χ1) is 15.9. The molecule has 4 N–H and O–H groups in total. The SMILES string of the molecule is C[C@H](O)c1nccn1C(C#Cc1ccc(-c2ccc(OC3CN(C(N)=O)C3)cc2)cc1)CO. The Morgan fingerprint density at radius 2 is 1.82 bits per heavy atom. The molecule has 1 unspecified atom stereocenters. The first-order valence-electron chi connectivity index (χ1n) is 10.7. The number of aliphatic hydroxyl groups is 2. The van der Waals surface area contributed by atoms with Crippen molar-refractivity contribution in [1.82, 2.24) is 14.5 Å². The molecule has 1 aliphatic heterocycles. The number of aromatic nitrogens is 2. The van der Waals surface area contributed by atoms with Crippen LogP contribution in [0.2, 0.25) is 0 Å². The van der Waals surface area contributed by atoms with E-state index in [1.165, 1.54) is 4.90 Å². The van der Waals surface area contributed by atoms with Crippen LogP contribution in [0.1, 0.15) is 30.5 Å². The lowest BCUT2D eigenvalue weighted by Crippen LogP contribution is -2.57. The van der Waals surface area contributed by atoms with Gasteiger partial charge in [0, 0.05) is 18.0 Å². The molecule has 0 radical (unpaired) electrons. The third-order valence-corrected chi connectivity index (χ3v) is 5.50. The molecule has 0 spiro atoms. The summed E-state index contributed by atoms with van der Waals surface area (Å²) in [4.78, 5) is 16.7. The molecule has 1 aliphatic rings. The molecule has 0 aliphatic carbocycles. The highest BCUT2D eigenvalue weighted by atomic mass is 16.5. The number of amides is 2. The molecule has 8 nitrogen and oxygen atoms in total. The Balaban J connectivity index is 1.39. The maximum atomic E-state index is 11.0. The third kappa shape index (κ3) is 5.17. The lowest BCUT2D eigenvalue weighted by Gasteiger charge is -2.37. The summed E-state index contributed by atoms with van der Waals surface area (Å²) in [6.45, 7) is 2.47. The molecule has 4 rings (SSSR count). The second-order valence-electron chi connectivity index (χ2n) is 7.92. The number of urea groups is 1. The molecule has 2 heterocycles. The van der Waals surface area contributed by atoms with Crippen molar-refractivity contribution >= 4 is 6.03 Å². The summed E-state index contributed by atoms with van der Waals surface area (Å²) in [7, 11) is 0. The van der Waals surface area contributed by atoms with E-state index < -0.39 is 18.2 Å². The Kier molecular flexibility index (Phi) is 6.63. The number of nitrogens with zero attached hydrogens (tertiary/aromatic N) is 3. The largest absolute Gasteiger partial charge is 0.487 e. The van der Waals surface area contributed by atoms with E-state index in [0.717, 1.165) is 22.4 Å². The van der Waals surface area contributed by atoms with Crippen molar-refractivity contribution < 1.29 is 19.7 Å². The number of benzene rings is 2. The van der Waals surface area contributed by atoms with Crippen molar-refractivity contribution in [1.29, 1.82) is 0 Å². The normalized spacial score (nSPS) is 15.2. The van der Waals surface area contributed by atoms with Gasteiger partial charge in [-0.2, -0.15) is 0 Å². The molecule has 2 amide bonds. The summed E-state index contributed by atoms with van der Waals surface area (Å²) in [5, 5.41) is 19.6. The number of imidazole rings is 1. The summed E-state index contributed by atoms with van der Waals surface area (Å²) >= 11 is 0. The Hall–Kier alpha value is -3.80. The van der Waals surface area contributed by atoms with Gasteiger partial charge in [-0.25, -0.2) is 9.78 Å². The van der Waals surface area contributed by atoms with Gasteiger partial charge in [0.2, 0.25) is 0 Å². The summed E-state index contributed by atoms with van der Waals surface area (Å²) in [6.07, 6.45) is 2.51. The number of aliphatic hydroxyl groups excluding tert-OH is 2. The molecule has 1 aromatic heterocycles. The Bertz CT molecular complexity index is 1150. The van der Waals surface area contributed by atoms with E-state index in [9.17, 15) is 15.0 Å². The van der Waals surface area contributed by atoms with Crippen molar-refractivity contribution in [3.8, 4) is 28.7 Å². The summed E-state index contributed by atoms with van der Waals surface area (Å²) < 4.78 is 7.53. The number of primary amides is 1. The molecule has 1 fully saturated rings. The number of nitrogens with two attached hydrogens (primary N) is 1. The predicted molar refractivity (Wildman–Crippen MR) is 123 cm³/mol. The number of carbonyl (C=O) groups excluding carboxylic acids is 1. The summed E-state index contributed by atoms with van der Waals surface area (Å²) in [6, 6.07) is 14.7. The van der Waals surface area contributed by atoms with Crippen LogP contribution in [0, 0.1) is 11.8 Å². The van der Waals surface area contributed by atoms with Gasteiger partial charge in [-0.3, -0.25) is 0 Å². The van der Waals surface area contributed by atoms with Gasteiger partial charge in [0.1, 0.15) is 29.8 Å². The minimum Gasteiger partial charge on any atom is -0.487 e. The number of rotatable bonds is 6. The highest BCUT2D eigenvalue weighted by Crippen LogP contribution is 2.25. The molecule has 2 atom stereocenters. The quantitative estimate of drug-likeness (QED) is 0.503. The van der Waals surface area contributed by atoms with Crippen LogP contribution in [0.3, 0.4) is 0 Å². The van der Waals surface area contributed by atoms with Crippen LogP contribution >= 0.6 is 0 Å². The second kappa shape index (κ2) is 9.77. The van der Waals surface area contributed by atoms with E-state index in [1.807, 2.05) is 48.5 Å². The van der Waals surface area contributed by atoms with E-state index in [0.29, 0.717) is 18.9 Å². The lowest BCUT2D eigenvalue weighted by molar-refractivity contribution is 0.0477. The smallest absolute Gasteiger partial charge is 0.315 e. The zero-order valence-electron chi connectivity index (χ0n) is 18.3. The number of carbonyl (C=O) groups is 1. The Morgan fingerprint density at radius 1 is 1.18 bits per heavy atom. The standard InChI is InChI=1S/C25H26N4O4/c1-17(31)24-27-12-13-29(24)21(16-30)9-4-18-2-5-19(6-3-18)20-7-10-22(11-8-20)33-23-14-28(15-23)25(26)32/h2-3,5-8,10-13,17,21,23,30-31H,14-16H2,1H3,(H2,26,32)/t17-,21?/m0/s1. The van der Waals surface area contributed by atoms with Crippen molar-refractivity contribution in [2.24, 2.45) is 5.73 Å². The van der Waals surface area contributed by atoms with Crippen molar-refractivity contribution in [2.45, 2.75) is 25.2 Å². The zero-order chi connectivity index (χ0) is 23.4. The monoisotopic (exact) mass is 446 g/mol. The number of hydrogen-bond donors (Lipinski definition) is 3. The van der Waals surface area contributed by atoms with E-state index in [2.05, 4.69) is 16.8 Å². The van der Waals surface area contributed by atoms with Gasteiger partial charge in [0.05, 0.1) is 19.7 Å². The van der Waals surface area contributed by atoms with E-state index in [-0.39, 0.29) is 12.7 Å². The first kappa shape index (κ1) is 22.4. The topological polar surface area (TPSA) is 114 Å². The molecule has 2 aromatic carbocycles. The zero-order valence-corrected chi connectivity index (χ0v) is 18.3. The lowest BCUT2D eigenvalue weighted by atomic mass is 10.0. The molecular formula is C25H26N4O4. The molecule has 3 aromatic rings. The van der Waals surface area contributed by atoms with Crippen molar-refractivity contribution in [2.75, 3.05) is 19.7 Å². The fourth-order valence-corrected chi connectivity index (χ4v) is 3.64. The van der Waals surface area contributed by atoms with Gasteiger partial charge in [-0.05, 0) is 42.3 Å². The fraction of sp³-hybridized carbons (Fsp3) is 0.280. The van der Waals surface area contributed by atoms with Crippen LogP contribution in [0.4, 0.5) is 4.79 Å². The highest BCUT2D eigenvalue weighted by molar-refractivity contribution is 5.73. The Labute approximate surface area is 192 Å². The van der Waals surface area contributed by atoms with Gasteiger partial charge >= 0.3 is 6.03 Å². The van der Waals surface area contributed by atoms with Crippen LogP contribution in [0.15, 0.2) is 60.9 Å². The number of likely N-dealkylation sites (tertiary alicyclic amines) is 1. The van der Waals surface area contributed by atoms with Crippen LogP contribution in [0.5, 0.6) is 5.75 Å². The highest BCUT2D eigenvalue weighted by Gasteiger charge is 2.30. The predicted octanol–water partition coefficient (Wildman–Crippen LogP) is 2.33. The molecule has 170 valence electrons. The minimum absolute atomic E-state index is 0.0251. The van der Waals surface area contributed by atoms with Gasteiger partial charge in [0.25, 0.3) is 0 Å². The average molecular weight is 447 g/mol. The fourth-order valence-electron chi connectivity index (χ4n) is 3.64. The van der Waals surface area contributed by atoms with Crippen molar-refractivity contribution in [3.05, 3.63) is 72.3 Å². The van der Waals surface area contributed by atoms with Crippen LogP contribution in [-0.4, -0.2) is 56.5 Å². The maximum Gasteiger partial charge on any atom is 0.315 e. The molecule has 0 saturated carbocycles. The van der Waals surface area contributed by atoms with Gasteiger partial charge < -0.3 is 30.2 Å².